The summed E-state index contributed by atoms with van der Waals surface area (Å²) in [5, 5.41) is 6.64. The van der Waals surface area contributed by atoms with Crippen LogP contribution in [0, 0.1) is 0 Å². The van der Waals surface area contributed by atoms with Crippen LogP contribution in [-0.2, 0) is 4.79 Å². The predicted molar refractivity (Wildman–Crippen MR) is 140 cm³/mol. The molecule has 0 aliphatic heterocycles. The van der Waals surface area contributed by atoms with Gasteiger partial charge in [-0.25, -0.2) is 10.2 Å². The number of amides is 2. The number of nitrogens with zero attached hydrogens (tertiary/aromatic N) is 1. The zero-order valence-corrected chi connectivity index (χ0v) is 21.1. The third-order valence-corrected chi connectivity index (χ3v) is 5.21. The van der Waals surface area contributed by atoms with Crippen LogP contribution in [-0.4, -0.2) is 44.3 Å². The molecule has 0 saturated carbocycles. The minimum Gasteiger partial charge on any atom is -0.494 e. The van der Waals surface area contributed by atoms with Crippen molar-refractivity contribution in [1.82, 2.24) is 10.7 Å². The number of ether oxygens (including phenoxy) is 3. The van der Waals surface area contributed by atoms with Gasteiger partial charge in [-0.15, -0.1) is 0 Å². The molecule has 9 nitrogen and oxygen atoms in total. The van der Waals surface area contributed by atoms with Crippen LogP contribution >= 0.6 is 11.6 Å². The molecule has 0 bridgehead atoms. The van der Waals surface area contributed by atoms with Crippen LogP contribution in [0.5, 0.6) is 17.2 Å². The molecule has 0 aliphatic rings. The molecule has 3 rings (SSSR count). The van der Waals surface area contributed by atoms with Crippen LogP contribution in [0.3, 0.4) is 0 Å². The zero-order valence-electron chi connectivity index (χ0n) is 20.3. The van der Waals surface area contributed by atoms with Gasteiger partial charge in [0, 0.05) is 0 Å². The number of benzene rings is 3. The van der Waals surface area contributed by atoms with Crippen molar-refractivity contribution in [2.75, 3.05) is 20.3 Å². The Morgan fingerprint density at radius 3 is 2.46 bits per heavy atom. The zero-order chi connectivity index (χ0) is 26.6. The number of nitrogens with one attached hydrogen (secondary N) is 2. The average Bonchev–Trinajstić information content (AvgIpc) is 2.91. The summed E-state index contributed by atoms with van der Waals surface area (Å²) in [7, 11) is 1.44. The Morgan fingerprint density at radius 1 is 1.00 bits per heavy atom. The Labute approximate surface area is 219 Å². The van der Waals surface area contributed by atoms with Crippen LogP contribution in [0.15, 0.2) is 71.8 Å². The molecule has 37 heavy (non-hydrogen) atoms. The van der Waals surface area contributed by atoms with Crippen molar-refractivity contribution < 1.29 is 28.6 Å². The lowest BCUT2D eigenvalue weighted by Crippen LogP contribution is -2.35. The molecule has 2 N–H and O–H groups in total. The Balaban J connectivity index is 1.53. The summed E-state index contributed by atoms with van der Waals surface area (Å²) in [4.78, 5) is 36.6. The third-order valence-electron chi connectivity index (χ3n) is 4.88. The van der Waals surface area contributed by atoms with E-state index in [-0.39, 0.29) is 22.9 Å². The molecule has 192 valence electrons. The Bertz CT molecular complexity index is 1280. The van der Waals surface area contributed by atoms with Crippen molar-refractivity contribution in [3.63, 3.8) is 0 Å². The normalized spacial score (nSPS) is 10.6. The van der Waals surface area contributed by atoms with Gasteiger partial charge in [-0.05, 0) is 66.6 Å². The number of carbonyl (C=O) groups excluding carboxylic acids is 3. The monoisotopic (exact) mass is 523 g/mol. The summed E-state index contributed by atoms with van der Waals surface area (Å²) < 4.78 is 16.3. The van der Waals surface area contributed by atoms with Crippen LogP contribution in [0.4, 0.5) is 0 Å². The van der Waals surface area contributed by atoms with Gasteiger partial charge in [0.1, 0.15) is 5.75 Å². The summed E-state index contributed by atoms with van der Waals surface area (Å²) in [6.45, 7) is 2.32. The highest BCUT2D eigenvalue weighted by Gasteiger charge is 2.14. The molecule has 0 fully saturated rings. The molecular weight excluding hydrogens is 498 g/mol. The highest BCUT2D eigenvalue weighted by atomic mass is 35.5. The minimum absolute atomic E-state index is 0.224. The fraction of sp³-hybridized carbons (Fsp3) is 0.185. The highest BCUT2D eigenvalue weighted by Crippen LogP contribution is 2.28. The molecule has 2 amide bonds. The minimum atomic E-state index is -0.548. The molecule has 3 aromatic rings. The van der Waals surface area contributed by atoms with E-state index in [9.17, 15) is 14.4 Å². The smallest absolute Gasteiger partial charge is 0.343 e. The summed E-state index contributed by atoms with van der Waals surface area (Å²) >= 11 is 5.97. The van der Waals surface area contributed by atoms with Crippen molar-refractivity contribution >= 4 is 35.6 Å². The van der Waals surface area contributed by atoms with Crippen LogP contribution < -0.4 is 25.0 Å². The first-order chi connectivity index (χ1) is 17.9. The third kappa shape index (κ3) is 8.08. The van der Waals surface area contributed by atoms with Crippen LogP contribution in [0.1, 0.15) is 39.6 Å². The van der Waals surface area contributed by atoms with E-state index in [2.05, 4.69) is 15.8 Å². The number of methoxy groups -OCH3 is 1. The highest BCUT2D eigenvalue weighted by molar-refractivity contribution is 6.33. The van der Waals surface area contributed by atoms with Crippen LogP contribution in [0.25, 0.3) is 0 Å². The van der Waals surface area contributed by atoms with Gasteiger partial charge >= 0.3 is 5.97 Å². The largest absolute Gasteiger partial charge is 0.494 e. The lowest BCUT2D eigenvalue weighted by atomic mass is 10.2. The molecule has 0 atom stereocenters. The van der Waals surface area contributed by atoms with E-state index in [1.54, 1.807) is 66.7 Å². The maximum Gasteiger partial charge on any atom is 0.343 e. The Morgan fingerprint density at radius 2 is 1.76 bits per heavy atom. The maximum absolute atomic E-state index is 12.5. The molecule has 0 heterocycles. The molecule has 3 aromatic carbocycles. The van der Waals surface area contributed by atoms with Gasteiger partial charge in [0.2, 0.25) is 0 Å². The average molecular weight is 524 g/mol. The van der Waals surface area contributed by atoms with E-state index in [4.69, 9.17) is 25.8 Å². The van der Waals surface area contributed by atoms with Gasteiger partial charge in [-0.3, -0.25) is 9.59 Å². The molecule has 0 unspecified atom stereocenters. The van der Waals surface area contributed by atoms with E-state index in [1.807, 2.05) is 6.92 Å². The molecule has 0 radical (unpaired) electrons. The number of hydrazone groups is 1. The molecule has 0 spiro atoms. The van der Waals surface area contributed by atoms with Crippen molar-refractivity contribution in [3.8, 4) is 17.2 Å². The van der Waals surface area contributed by atoms with E-state index in [0.29, 0.717) is 29.2 Å². The van der Waals surface area contributed by atoms with E-state index in [1.165, 1.54) is 13.3 Å². The van der Waals surface area contributed by atoms with Crippen molar-refractivity contribution in [2.24, 2.45) is 5.10 Å². The van der Waals surface area contributed by atoms with Crippen molar-refractivity contribution in [1.29, 1.82) is 0 Å². The number of halogens is 1. The van der Waals surface area contributed by atoms with Gasteiger partial charge < -0.3 is 19.5 Å². The number of hydrogen-bond donors (Lipinski definition) is 2. The van der Waals surface area contributed by atoms with Gasteiger partial charge in [-0.1, -0.05) is 30.7 Å². The van der Waals surface area contributed by atoms with Crippen molar-refractivity contribution in [3.05, 3.63) is 88.4 Å². The lowest BCUT2D eigenvalue weighted by molar-refractivity contribution is -0.120. The summed E-state index contributed by atoms with van der Waals surface area (Å²) in [6.07, 6.45) is 2.27. The number of carbonyl (C=O) groups is 3. The van der Waals surface area contributed by atoms with Gasteiger partial charge in [0.25, 0.3) is 11.8 Å². The summed E-state index contributed by atoms with van der Waals surface area (Å²) in [6, 6.07) is 18.0. The second-order valence-corrected chi connectivity index (χ2v) is 8.04. The van der Waals surface area contributed by atoms with E-state index in [0.717, 1.165) is 6.42 Å². The van der Waals surface area contributed by atoms with Gasteiger partial charge in [0.15, 0.2) is 11.5 Å². The van der Waals surface area contributed by atoms with Crippen LogP contribution in [0.2, 0.25) is 5.02 Å². The topological polar surface area (TPSA) is 115 Å². The predicted octanol–water partition coefficient (Wildman–Crippen LogP) is 4.24. The second-order valence-electron chi connectivity index (χ2n) is 7.63. The summed E-state index contributed by atoms with van der Waals surface area (Å²) in [5.74, 6) is -0.344. The standard InChI is InChI=1S/C27H26ClN3O6/c1-3-14-36-20-11-9-19(10-12-20)27(34)37-23-13-8-18(15-24(23)35-2)16-30-31-25(32)17-29-26(33)21-6-4-5-7-22(21)28/h4-13,15-16H,3,14,17H2,1-2H3,(H,29,33)(H,31,32)/b30-16+. The molecule has 0 aliphatic carbocycles. The fourth-order valence-corrected chi connectivity index (χ4v) is 3.26. The maximum atomic E-state index is 12.5. The molecule has 0 aromatic heterocycles. The Hall–Kier alpha value is -4.37. The second kappa shape index (κ2) is 13.6. The lowest BCUT2D eigenvalue weighted by Gasteiger charge is -2.10. The first kappa shape index (κ1) is 27.2. The molecular formula is C27H26ClN3O6. The SMILES string of the molecule is CCCOc1ccc(C(=O)Oc2ccc(/C=N/NC(=O)CNC(=O)c3ccccc3Cl)cc2OC)cc1. The number of esters is 1. The van der Waals surface area contributed by atoms with Gasteiger partial charge in [-0.2, -0.15) is 5.10 Å². The first-order valence-corrected chi connectivity index (χ1v) is 11.8. The van der Waals surface area contributed by atoms with Gasteiger partial charge in [0.05, 0.1) is 42.6 Å². The summed E-state index contributed by atoms with van der Waals surface area (Å²) in [5.41, 5.74) is 3.53. The number of rotatable bonds is 11. The molecule has 0 saturated heterocycles. The quantitative estimate of drug-likeness (QED) is 0.168. The van der Waals surface area contributed by atoms with E-state index < -0.39 is 17.8 Å². The Kier molecular flexibility index (Phi) is 10.0. The number of hydrogen-bond acceptors (Lipinski definition) is 7. The fourth-order valence-electron chi connectivity index (χ4n) is 3.03. The first-order valence-electron chi connectivity index (χ1n) is 11.4. The molecule has 10 heteroatoms. The van der Waals surface area contributed by atoms with Crippen molar-refractivity contribution in [2.45, 2.75) is 13.3 Å². The van der Waals surface area contributed by atoms with E-state index >= 15 is 0 Å².